The van der Waals surface area contributed by atoms with Gasteiger partial charge in [0.1, 0.15) is 11.5 Å². The van der Waals surface area contributed by atoms with Crippen LogP contribution in [0.1, 0.15) is 38.2 Å². The average molecular weight is 355 g/mol. The molecule has 1 aromatic heterocycles. The fourth-order valence-corrected chi connectivity index (χ4v) is 3.08. The van der Waals surface area contributed by atoms with Crippen molar-refractivity contribution in [2.75, 3.05) is 19.7 Å². The van der Waals surface area contributed by atoms with Crippen LogP contribution in [0.25, 0.3) is 0 Å². The number of ether oxygens (including phenoxy) is 2. The largest absolute Gasteiger partial charge is 0.494 e. The first-order chi connectivity index (χ1) is 12.8. The van der Waals surface area contributed by atoms with E-state index in [2.05, 4.69) is 15.0 Å². The Morgan fingerprint density at radius 3 is 2.42 bits per heavy atom. The van der Waals surface area contributed by atoms with E-state index >= 15 is 0 Å². The number of amidine groups is 1. The zero-order valence-electron chi connectivity index (χ0n) is 15.1. The number of nitrogens with zero attached hydrogens (tertiary/aromatic N) is 3. The molecule has 1 aliphatic rings. The highest BCUT2D eigenvalue weighted by Crippen LogP contribution is 2.24. The number of aromatic nitrogens is 1. The van der Waals surface area contributed by atoms with Crippen molar-refractivity contribution in [3.05, 3.63) is 48.2 Å². The molecule has 1 fully saturated rings. The maximum Gasteiger partial charge on any atom is 0.219 e. The summed E-state index contributed by atoms with van der Waals surface area (Å²) in [6, 6.07) is 11.0. The highest BCUT2D eigenvalue weighted by molar-refractivity contribution is 5.98. The Morgan fingerprint density at radius 2 is 1.77 bits per heavy atom. The number of rotatable bonds is 5. The van der Waals surface area contributed by atoms with Gasteiger partial charge in [-0.2, -0.15) is 0 Å². The highest BCUT2D eigenvalue weighted by Gasteiger charge is 2.17. The molecule has 1 N–H and O–H groups in total. The first-order valence-corrected chi connectivity index (χ1v) is 9.14. The van der Waals surface area contributed by atoms with Crippen LogP contribution < -0.4 is 9.47 Å². The molecule has 2 heterocycles. The minimum absolute atomic E-state index is 0.461. The molecule has 0 bridgehead atoms. The second-order valence-corrected chi connectivity index (χ2v) is 6.21. The summed E-state index contributed by atoms with van der Waals surface area (Å²) in [7, 11) is 0. The standard InChI is InChI=1S/C20H25N3O3/c1-2-25-17-7-9-18(10-8-17)26-19-15-16(11-12-21-19)20(22-24)23-13-5-3-4-6-14-23/h7-12,15,24H,2-6,13-14H2,1H3/b22-20-. The fraction of sp³-hybridized carbons (Fsp3) is 0.400. The Kier molecular flexibility index (Phi) is 6.30. The van der Waals surface area contributed by atoms with Gasteiger partial charge in [0.05, 0.1) is 6.61 Å². The van der Waals surface area contributed by atoms with Gasteiger partial charge < -0.3 is 19.6 Å². The van der Waals surface area contributed by atoms with Crippen LogP contribution in [0.5, 0.6) is 17.4 Å². The quantitative estimate of drug-likeness (QED) is 0.375. The third kappa shape index (κ3) is 4.65. The third-order valence-corrected chi connectivity index (χ3v) is 4.35. The van der Waals surface area contributed by atoms with E-state index in [-0.39, 0.29) is 0 Å². The van der Waals surface area contributed by atoms with Crippen molar-refractivity contribution < 1.29 is 14.7 Å². The first kappa shape index (κ1) is 18.0. The molecule has 0 spiro atoms. The summed E-state index contributed by atoms with van der Waals surface area (Å²) < 4.78 is 11.3. The van der Waals surface area contributed by atoms with Crippen molar-refractivity contribution in [3.63, 3.8) is 0 Å². The lowest BCUT2D eigenvalue weighted by molar-refractivity contribution is 0.301. The lowest BCUT2D eigenvalue weighted by Gasteiger charge is -2.23. The Balaban J connectivity index is 1.74. The highest BCUT2D eigenvalue weighted by atomic mass is 16.5. The molecule has 0 saturated carbocycles. The van der Waals surface area contributed by atoms with Crippen molar-refractivity contribution in [2.24, 2.45) is 5.16 Å². The molecular weight excluding hydrogens is 330 g/mol. The number of pyridine rings is 1. The van der Waals surface area contributed by atoms with Crippen LogP contribution in [0.4, 0.5) is 0 Å². The molecular formula is C20H25N3O3. The van der Waals surface area contributed by atoms with Gasteiger partial charge in [0.15, 0.2) is 5.84 Å². The second-order valence-electron chi connectivity index (χ2n) is 6.21. The molecule has 2 aromatic rings. The van der Waals surface area contributed by atoms with Gasteiger partial charge in [-0.15, -0.1) is 0 Å². The van der Waals surface area contributed by atoms with Crippen LogP contribution in [-0.2, 0) is 0 Å². The summed E-state index contributed by atoms with van der Waals surface area (Å²) in [5, 5.41) is 13.1. The molecule has 0 aliphatic carbocycles. The van der Waals surface area contributed by atoms with E-state index in [1.54, 1.807) is 12.3 Å². The number of benzene rings is 1. The minimum Gasteiger partial charge on any atom is -0.494 e. The topological polar surface area (TPSA) is 67.2 Å². The van der Waals surface area contributed by atoms with Crippen LogP contribution >= 0.6 is 0 Å². The molecule has 138 valence electrons. The lowest BCUT2D eigenvalue weighted by atomic mass is 10.2. The Labute approximate surface area is 154 Å². The van der Waals surface area contributed by atoms with E-state index in [0.717, 1.165) is 37.2 Å². The summed E-state index contributed by atoms with van der Waals surface area (Å²) >= 11 is 0. The molecule has 6 heteroatoms. The van der Waals surface area contributed by atoms with Crippen LogP contribution in [0, 0.1) is 0 Å². The lowest BCUT2D eigenvalue weighted by Crippen LogP contribution is -2.32. The number of hydrogen-bond acceptors (Lipinski definition) is 5. The fourth-order valence-electron chi connectivity index (χ4n) is 3.08. The normalized spacial score (nSPS) is 15.4. The summed E-state index contributed by atoms with van der Waals surface area (Å²) in [4.78, 5) is 6.39. The third-order valence-electron chi connectivity index (χ3n) is 4.35. The van der Waals surface area contributed by atoms with E-state index in [0.29, 0.717) is 24.1 Å². The van der Waals surface area contributed by atoms with Gasteiger partial charge in [-0.25, -0.2) is 4.98 Å². The van der Waals surface area contributed by atoms with E-state index in [1.165, 1.54) is 12.8 Å². The monoisotopic (exact) mass is 355 g/mol. The molecule has 0 radical (unpaired) electrons. The van der Waals surface area contributed by atoms with Crippen LogP contribution in [0.2, 0.25) is 0 Å². The summed E-state index contributed by atoms with van der Waals surface area (Å²) in [6.07, 6.45) is 6.33. The van der Waals surface area contributed by atoms with Gasteiger partial charge in [0, 0.05) is 30.9 Å². The van der Waals surface area contributed by atoms with Crippen LogP contribution in [0.15, 0.2) is 47.8 Å². The SMILES string of the molecule is CCOc1ccc(Oc2cc(/C(=N/O)N3CCCCCC3)ccn2)cc1. The number of oxime groups is 1. The summed E-state index contributed by atoms with van der Waals surface area (Å²) in [6.45, 7) is 4.38. The number of hydrogen-bond donors (Lipinski definition) is 1. The predicted octanol–water partition coefficient (Wildman–Crippen LogP) is 4.28. The maximum atomic E-state index is 9.56. The Morgan fingerprint density at radius 1 is 1.08 bits per heavy atom. The zero-order valence-corrected chi connectivity index (χ0v) is 15.1. The molecule has 0 atom stereocenters. The molecule has 26 heavy (non-hydrogen) atoms. The molecule has 0 unspecified atom stereocenters. The summed E-state index contributed by atoms with van der Waals surface area (Å²) in [5.74, 6) is 2.52. The molecule has 6 nitrogen and oxygen atoms in total. The van der Waals surface area contributed by atoms with Gasteiger partial charge in [0.25, 0.3) is 0 Å². The van der Waals surface area contributed by atoms with E-state index < -0.39 is 0 Å². The second kappa shape index (κ2) is 9.08. The average Bonchev–Trinajstić information content (AvgIpc) is 2.94. The van der Waals surface area contributed by atoms with E-state index in [1.807, 2.05) is 37.3 Å². The number of likely N-dealkylation sites (tertiary alicyclic amines) is 1. The molecule has 1 saturated heterocycles. The van der Waals surface area contributed by atoms with Crippen molar-refractivity contribution in [1.29, 1.82) is 0 Å². The van der Waals surface area contributed by atoms with Crippen LogP contribution in [0.3, 0.4) is 0 Å². The van der Waals surface area contributed by atoms with E-state index in [9.17, 15) is 5.21 Å². The molecule has 0 amide bonds. The van der Waals surface area contributed by atoms with Crippen molar-refractivity contribution in [3.8, 4) is 17.4 Å². The van der Waals surface area contributed by atoms with E-state index in [4.69, 9.17) is 9.47 Å². The van der Waals surface area contributed by atoms with Crippen molar-refractivity contribution >= 4 is 5.84 Å². The summed E-state index contributed by atoms with van der Waals surface area (Å²) in [5.41, 5.74) is 0.797. The van der Waals surface area contributed by atoms with Gasteiger partial charge in [-0.3, -0.25) is 0 Å². The maximum absolute atomic E-state index is 9.56. The van der Waals surface area contributed by atoms with Gasteiger partial charge in [0.2, 0.25) is 5.88 Å². The molecule has 3 rings (SSSR count). The van der Waals surface area contributed by atoms with Gasteiger partial charge in [-0.05, 0) is 50.1 Å². The van der Waals surface area contributed by atoms with Gasteiger partial charge in [-0.1, -0.05) is 18.0 Å². The van der Waals surface area contributed by atoms with Crippen molar-refractivity contribution in [1.82, 2.24) is 9.88 Å². The molecule has 1 aromatic carbocycles. The first-order valence-electron chi connectivity index (χ1n) is 9.14. The predicted molar refractivity (Wildman–Crippen MR) is 100 cm³/mol. The van der Waals surface area contributed by atoms with Crippen LogP contribution in [-0.4, -0.2) is 40.6 Å². The van der Waals surface area contributed by atoms with Gasteiger partial charge >= 0.3 is 0 Å². The Hall–Kier alpha value is -2.76. The minimum atomic E-state index is 0.461. The smallest absolute Gasteiger partial charge is 0.219 e. The zero-order chi connectivity index (χ0) is 18.2. The Bertz CT molecular complexity index is 723. The van der Waals surface area contributed by atoms with Crippen molar-refractivity contribution in [2.45, 2.75) is 32.6 Å². The molecule has 1 aliphatic heterocycles.